The van der Waals surface area contributed by atoms with Crippen LogP contribution in [-0.4, -0.2) is 35.2 Å². The molecule has 0 unspecified atom stereocenters. The van der Waals surface area contributed by atoms with Crippen molar-refractivity contribution < 1.29 is 14.3 Å². The summed E-state index contributed by atoms with van der Waals surface area (Å²) >= 11 is 0. The van der Waals surface area contributed by atoms with Crippen LogP contribution in [0.3, 0.4) is 0 Å². The largest absolute Gasteiger partial charge is 0.481 e. The highest BCUT2D eigenvalue weighted by atomic mass is 19.1. The minimum Gasteiger partial charge on any atom is -0.481 e. The number of carboxylic acids is 1. The minimum absolute atomic E-state index is 0.110. The molecular formula is C26H29FN4O2. The fraction of sp³-hybridized carbons (Fsp3) is 0.308. The highest BCUT2D eigenvalue weighted by molar-refractivity contribution is 5.80. The van der Waals surface area contributed by atoms with Gasteiger partial charge in [0.25, 0.3) is 0 Å². The van der Waals surface area contributed by atoms with E-state index < -0.39 is 11.4 Å². The molecule has 3 aromatic rings. The lowest BCUT2D eigenvalue weighted by Crippen LogP contribution is -2.45. The standard InChI is InChI=1S/C26H29FN4O2/c1-26(2,25(32)33)18-8-5-7-17(15-18)12-14-28-23(19-9-3-4-10-20(19)27)22-16-30-21-11-6-13-29-24(21)31-22/h3-11,13,15,22-23,28,30H,12,14,16H2,1-2H3,(H,29,31)(H,32,33)/t22-,23-/m1/s1. The van der Waals surface area contributed by atoms with Crippen LogP contribution >= 0.6 is 0 Å². The first-order valence-corrected chi connectivity index (χ1v) is 11.1. The predicted octanol–water partition coefficient (Wildman–Crippen LogP) is 4.36. The zero-order valence-electron chi connectivity index (χ0n) is 18.8. The number of carboxylic acid groups (broad SMARTS) is 1. The van der Waals surface area contributed by atoms with Crippen molar-refractivity contribution in [1.82, 2.24) is 10.3 Å². The zero-order chi connectivity index (χ0) is 23.4. The van der Waals surface area contributed by atoms with Gasteiger partial charge in [0.05, 0.1) is 23.2 Å². The number of aromatic nitrogens is 1. The molecule has 0 fully saturated rings. The van der Waals surface area contributed by atoms with Crippen molar-refractivity contribution in [3.8, 4) is 0 Å². The number of rotatable bonds is 8. The van der Waals surface area contributed by atoms with Crippen LogP contribution in [-0.2, 0) is 16.6 Å². The minimum atomic E-state index is -0.961. The summed E-state index contributed by atoms with van der Waals surface area (Å²) in [6, 6.07) is 17.9. The van der Waals surface area contributed by atoms with Crippen LogP contribution in [0.4, 0.5) is 15.9 Å². The summed E-state index contributed by atoms with van der Waals surface area (Å²) in [5, 5.41) is 19.9. The van der Waals surface area contributed by atoms with Gasteiger partial charge in [-0.3, -0.25) is 4.79 Å². The van der Waals surface area contributed by atoms with Gasteiger partial charge in [0, 0.05) is 18.3 Å². The molecular weight excluding hydrogens is 419 g/mol. The predicted molar refractivity (Wildman–Crippen MR) is 128 cm³/mol. The SMILES string of the molecule is CC(C)(C(=O)O)c1cccc(CCN[C@H](c2ccccc2F)[C@H]2CNc3cccnc3N2)c1. The number of aliphatic carboxylic acids is 1. The number of hydrogen-bond donors (Lipinski definition) is 4. The number of nitrogens with zero attached hydrogens (tertiary/aromatic N) is 1. The first-order chi connectivity index (χ1) is 15.9. The van der Waals surface area contributed by atoms with Crippen LogP contribution < -0.4 is 16.0 Å². The average molecular weight is 449 g/mol. The first-order valence-electron chi connectivity index (χ1n) is 11.1. The summed E-state index contributed by atoms with van der Waals surface area (Å²) in [5.74, 6) is -0.364. The lowest BCUT2D eigenvalue weighted by molar-refractivity contribution is -0.142. The smallest absolute Gasteiger partial charge is 0.313 e. The highest BCUT2D eigenvalue weighted by Crippen LogP contribution is 2.29. The molecule has 1 aliphatic heterocycles. The number of halogens is 1. The van der Waals surface area contributed by atoms with Crippen molar-refractivity contribution in [1.29, 1.82) is 0 Å². The van der Waals surface area contributed by atoms with Gasteiger partial charge < -0.3 is 21.1 Å². The van der Waals surface area contributed by atoms with Crippen LogP contribution in [0.15, 0.2) is 66.9 Å². The van der Waals surface area contributed by atoms with Crippen molar-refractivity contribution in [3.05, 3.63) is 89.4 Å². The Hall–Kier alpha value is -3.45. The number of pyridine rings is 1. The summed E-state index contributed by atoms with van der Waals surface area (Å²) in [6.07, 6.45) is 2.41. The second kappa shape index (κ2) is 9.58. The fourth-order valence-corrected chi connectivity index (χ4v) is 4.12. The first kappa shape index (κ1) is 22.7. The molecule has 2 atom stereocenters. The van der Waals surface area contributed by atoms with Crippen molar-refractivity contribution in [3.63, 3.8) is 0 Å². The normalized spacial score (nSPS) is 16.3. The molecule has 0 aliphatic carbocycles. The molecule has 0 saturated heterocycles. The molecule has 0 amide bonds. The van der Waals surface area contributed by atoms with Crippen molar-refractivity contribution in [2.24, 2.45) is 0 Å². The number of nitrogens with one attached hydrogen (secondary N) is 3. The molecule has 0 spiro atoms. The Morgan fingerprint density at radius 3 is 2.82 bits per heavy atom. The van der Waals surface area contributed by atoms with Gasteiger partial charge in [0.2, 0.25) is 0 Å². The molecule has 6 nitrogen and oxygen atoms in total. The second-order valence-corrected chi connectivity index (χ2v) is 8.87. The molecule has 4 rings (SSSR count). The Bertz CT molecular complexity index is 1130. The van der Waals surface area contributed by atoms with E-state index in [9.17, 15) is 14.3 Å². The Kier molecular flexibility index (Phi) is 6.60. The molecule has 33 heavy (non-hydrogen) atoms. The Morgan fingerprint density at radius 2 is 2.03 bits per heavy atom. The maximum Gasteiger partial charge on any atom is 0.313 e. The van der Waals surface area contributed by atoms with Gasteiger partial charge in [0.15, 0.2) is 0 Å². The van der Waals surface area contributed by atoms with Crippen LogP contribution in [0.5, 0.6) is 0 Å². The van der Waals surface area contributed by atoms with Crippen LogP contribution in [0.2, 0.25) is 0 Å². The second-order valence-electron chi connectivity index (χ2n) is 8.87. The van der Waals surface area contributed by atoms with E-state index in [4.69, 9.17) is 0 Å². The molecule has 1 aliphatic rings. The molecule has 2 heterocycles. The number of benzene rings is 2. The summed E-state index contributed by atoms with van der Waals surface area (Å²) < 4.78 is 14.7. The molecule has 0 radical (unpaired) electrons. The van der Waals surface area contributed by atoms with Gasteiger partial charge in [-0.25, -0.2) is 9.37 Å². The van der Waals surface area contributed by atoms with Gasteiger partial charge >= 0.3 is 5.97 Å². The van der Waals surface area contributed by atoms with Crippen molar-refractivity contribution >= 4 is 17.5 Å². The third kappa shape index (κ3) is 4.98. The van der Waals surface area contributed by atoms with E-state index in [1.54, 1.807) is 32.2 Å². The van der Waals surface area contributed by atoms with Crippen molar-refractivity contribution in [2.75, 3.05) is 23.7 Å². The zero-order valence-corrected chi connectivity index (χ0v) is 18.8. The molecule has 172 valence electrons. The fourth-order valence-electron chi connectivity index (χ4n) is 4.12. The summed E-state index contributed by atoms with van der Waals surface area (Å²) in [6.45, 7) is 4.62. The monoisotopic (exact) mass is 448 g/mol. The number of fused-ring (bicyclic) bond motifs is 1. The quantitative estimate of drug-likeness (QED) is 0.410. The lowest BCUT2D eigenvalue weighted by atomic mass is 9.84. The molecule has 0 saturated carbocycles. The number of anilines is 2. The van der Waals surface area contributed by atoms with Crippen LogP contribution in [0, 0.1) is 5.82 Å². The summed E-state index contributed by atoms with van der Waals surface area (Å²) in [4.78, 5) is 16.0. The van der Waals surface area contributed by atoms with E-state index in [0.29, 0.717) is 25.1 Å². The van der Waals surface area contributed by atoms with E-state index in [2.05, 4.69) is 20.9 Å². The van der Waals surface area contributed by atoms with E-state index >= 15 is 0 Å². The van der Waals surface area contributed by atoms with E-state index in [-0.39, 0.29) is 17.9 Å². The highest BCUT2D eigenvalue weighted by Gasteiger charge is 2.30. The van der Waals surface area contributed by atoms with Gasteiger partial charge in [-0.1, -0.05) is 42.5 Å². The maximum absolute atomic E-state index is 14.7. The Balaban J connectivity index is 1.51. The molecule has 7 heteroatoms. The molecule has 0 bridgehead atoms. The lowest BCUT2D eigenvalue weighted by Gasteiger charge is -2.34. The summed E-state index contributed by atoms with van der Waals surface area (Å²) in [7, 11) is 0. The van der Waals surface area contributed by atoms with Gasteiger partial charge in [-0.05, 0) is 56.1 Å². The maximum atomic E-state index is 14.7. The molecule has 2 aromatic carbocycles. The van der Waals surface area contributed by atoms with Crippen LogP contribution in [0.25, 0.3) is 0 Å². The van der Waals surface area contributed by atoms with E-state index in [0.717, 1.165) is 22.6 Å². The van der Waals surface area contributed by atoms with Gasteiger partial charge in [-0.15, -0.1) is 0 Å². The Morgan fingerprint density at radius 1 is 1.21 bits per heavy atom. The van der Waals surface area contributed by atoms with E-state index in [1.807, 2.05) is 42.5 Å². The summed E-state index contributed by atoms with van der Waals surface area (Å²) in [5.41, 5.74) is 2.36. The van der Waals surface area contributed by atoms with Gasteiger partial charge in [-0.2, -0.15) is 0 Å². The number of hydrogen-bond acceptors (Lipinski definition) is 5. The molecule has 4 N–H and O–H groups in total. The van der Waals surface area contributed by atoms with Crippen LogP contribution in [0.1, 0.15) is 36.6 Å². The molecule has 1 aromatic heterocycles. The van der Waals surface area contributed by atoms with E-state index in [1.165, 1.54) is 6.07 Å². The van der Waals surface area contributed by atoms with Crippen molar-refractivity contribution in [2.45, 2.75) is 37.8 Å². The van der Waals surface area contributed by atoms with Gasteiger partial charge in [0.1, 0.15) is 11.6 Å². The third-order valence-electron chi connectivity index (χ3n) is 6.25. The average Bonchev–Trinajstić information content (AvgIpc) is 2.82. The topological polar surface area (TPSA) is 86.3 Å². The Labute approximate surface area is 193 Å². The third-order valence-corrected chi connectivity index (χ3v) is 6.25. The number of carbonyl (C=O) groups is 1.